The van der Waals surface area contributed by atoms with Crippen LogP contribution in [0, 0.1) is 13.8 Å². The summed E-state index contributed by atoms with van der Waals surface area (Å²) in [6.45, 7) is 4.56. The first-order chi connectivity index (χ1) is 14.1. The molecule has 0 saturated carbocycles. The summed E-state index contributed by atoms with van der Waals surface area (Å²) < 4.78 is 2.10. The number of carbonyl (C=O) groups excluding carboxylic acids is 1. The molecule has 1 atom stereocenters. The van der Waals surface area contributed by atoms with Gasteiger partial charge < -0.3 is 9.72 Å². The Balaban J connectivity index is 1.65. The van der Waals surface area contributed by atoms with Crippen molar-refractivity contribution in [3.05, 3.63) is 101 Å². The molecule has 0 radical (unpaired) electrons. The fourth-order valence-corrected chi connectivity index (χ4v) is 3.73. The van der Waals surface area contributed by atoms with Gasteiger partial charge in [-0.2, -0.15) is 0 Å². The average Bonchev–Trinajstić information content (AvgIpc) is 3.17. The van der Waals surface area contributed by atoms with Crippen LogP contribution in [0.5, 0.6) is 0 Å². The molecule has 5 heteroatoms. The van der Waals surface area contributed by atoms with E-state index in [2.05, 4.69) is 51.7 Å². The molecule has 1 amide bonds. The van der Waals surface area contributed by atoms with Crippen LogP contribution in [0.3, 0.4) is 0 Å². The lowest BCUT2D eigenvalue weighted by Gasteiger charge is -2.19. The third kappa shape index (κ3) is 4.04. The SMILES string of the molecule is Cc1ccccc1C(CC(=O)NCc1ccccn1)c1cnc2c(C)cccn12. The minimum Gasteiger partial charge on any atom is -0.350 e. The summed E-state index contributed by atoms with van der Waals surface area (Å²) in [6.07, 6.45) is 5.99. The first kappa shape index (κ1) is 18.9. The maximum atomic E-state index is 12.8. The maximum absolute atomic E-state index is 12.8. The average molecular weight is 384 g/mol. The van der Waals surface area contributed by atoms with E-state index in [-0.39, 0.29) is 11.8 Å². The number of nitrogens with zero attached hydrogens (tertiary/aromatic N) is 3. The predicted octanol–water partition coefficient (Wildman–Crippen LogP) is 4.18. The topological polar surface area (TPSA) is 59.3 Å². The van der Waals surface area contributed by atoms with Gasteiger partial charge in [-0.3, -0.25) is 9.78 Å². The normalized spacial score (nSPS) is 12.1. The fraction of sp³-hybridized carbons (Fsp3) is 0.208. The van der Waals surface area contributed by atoms with Gasteiger partial charge in [0.15, 0.2) is 0 Å². The van der Waals surface area contributed by atoms with Gasteiger partial charge in [0.1, 0.15) is 5.65 Å². The van der Waals surface area contributed by atoms with Gasteiger partial charge in [-0.25, -0.2) is 4.98 Å². The molecule has 4 rings (SSSR count). The zero-order chi connectivity index (χ0) is 20.2. The summed E-state index contributed by atoms with van der Waals surface area (Å²) in [4.78, 5) is 21.7. The Kier molecular flexibility index (Phi) is 5.38. The number of hydrogen-bond acceptors (Lipinski definition) is 3. The second kappa shape index (κ2) is 8.27. The number of benzene rings is 1. The number of fused-ring (bicyclic) bond motifs is 1. The van der Waals surface area contributed by atoms with Gasteiger partial charge in [-0.15, -0.1) is 0 Å². The van der Waals surface area contributed by atoms with Crippen LogP contribution in [0.25, 0.3) is 5.65 Å². The molecule has 0 aliphatic rings. The zero-order valence-electron chi connectivity index (χ0n) is 16.7. The molecule has 3 heterocycles. The van der Waals surface area contributed by atoms with Crippen LogP contribution in [0.2, 0.25) is 0 Å². The lowest BCUT2D eigenvalue weighted by molar-refractivity contribution is -0.121. The summed E-state index contributed by atoms with van der Waals surface area (Å²) in [5.74, 6) is -0.0942. The molecule has 0 saturated heterocycles. The van der Waals surface area contributed by atoms with Crippen LogP contribution in [0.1, 0.15) is 40.4 Å². The largest absolute Gasteiger partial charge is 0.350 e. The molecule has 3 aromatic heterocycles. The molecule has 0 aliphatic carbocycles. The summed E-state index contributed by atoms with van der Waals surface area (Å²) in [5.41, 5.74) is 6.21. The Labute approximate surface area is 170 Å². The molecule has 0 bridgehead atoms. The number of pyridine rings is 2. The Morgan fingerprint density at radius 1 is 1.00 bits per heavy atom. The van der Waals surface area contributed by atoms with Crippen LogP contribution in [-0.2, 0) is 11.3 Å². The third-order valence-corrected chi connectivity index (χ3v) is 5.26. The van der Waals surface area contributed by atoms with Crippen molar-refractivity contribution >= 4 is 11.6 Å². The number of aromatic nitrogens is 3. The molecule has 5 nitrogen and oxygen atoms in total. The Morgan fingerprint density at radius 2 is 1.79 bits per heavy atom. The van der Waals surface area contributed by atoms with Crippen molar-refractivity contribution in [2.75, 3.05) is 0 Å². The molecule has 1 N–H and O–H groups in total. The smallest absolute Gasteiger partial charge is 0.221 e. The van der Waals surface area contributed by atoms with E-state index in [4.69, 9.17) is 0 Å². The lowest BCUT2D eigenvalue weighted by Crippen LogP contribution is -2.26. The van der Waals surface area contributed by atoms with Crippen molar-refractivity contribution in [3.8, 4) is 0 Å². The van der Waals surface area contributed by atoms with Crippen molar-refractivity contribution in [3.63, 3.8) is 0 Å². The minimum absolute atomic E-state index is 0.00786. The van der Waals surface area contributed by atoms with E-state index in [0.29, 0.717) is 13.0 Å². The third-order valence-electron chi connectivity index (χ3n) is 5.26. The van der Waals surface area contributed by atoms with Crippen LogP contribution >= 0.6 is 0 Å². The first-order valence-corrected chi connectivity index (χ1v) is 9.78. The number of rotatable bonds is 6. The zero-order valence-corrected chi connectivity index (χ0v) is 16.7. The summed E-state index contributed by atoms with van der Waals surface area (Å²) in [7, 11) is 0. The van der Waals surface area contributed by atoms with Gasteiger partial charge in [0.2, 0.25) is 5.91 Å². The molecule has 0 aliphatic heterocycles. The summed E-state index contributed by atoms with van der Waals surface area (Å²) in [5, 5.41) is 3.01. The Morgan fingerprint density at radius 3 is 2.59 bits per heavy atom. The standard InChI is InChI=1S/C24H24N4O/c1-17-8-3-4-11-20(17)21(14-23(29)26-15-19-10-5-6-12-25-19)22-16-27-24-18(2)9-7-13-28(22)24/h3-13,16,21H,14-15H2,1-2H3,(H,26,29). The van der Waals surface area contributed by atoms with E-state index in [1.54, 1.807) is 6.20 Å². The second-order valence-corrected chi connectivity index (χ2v) is 7.28. The van der Waals surface area contributed by atoms with Crippen molar-refractivity contribution < 1.29 is 4.79 Å². The van der Waals surface area contributed by atoms with E-state index in [1.165, 1.54) is 0 Å². The van der Waals surface area contributed by atoms with E-state index in [9.17, 15) is 4.79 Å². The van der Waals surface area contributed by atoms with Gasteiger partial charge in [-0.05, 0) is 48.7 Å². The van der Waals surface area contributed by atoms with E-state index < -0.39 is 0 Å². The molecule has 1 aromatic carbocycles. The number of aryl methyl sites for hydroxylation is 2. The van der Waals surface area contributed by atoms with Crippen LogP contribution < -0.4 is 5.32 Å². The number of nitrogens with one attached hydrogen (secondary N) is 1. The second-order valence-electron chi connectivity index (χ2n) is 7.28. The van der Waals surface area contributed by atoms with Crippen molar-refractivity contribution in [2.45, 2.75) is 32.7 Å². The highest BCUT2D eigenvalue weighted by molar-refractivity contribution is 5.77. The molecule has 29 heavy (non-hydrogen) atoms. The van der Waals surface area contributed by atoms with Crippen LogP contribution in [0.15, 0.2) is 73.2 Å². The number of imidazole rings is 1. The highest BCUT2D eigenvalue weighted by atomic mass is 16.1. The molecular formula is C24H24N4O. The van der Waals surface area contributed by atoms with E-state index in [0.717, 1.165) is 33.7 Å². The Bertz CT molecular complexity index is 1130. The van der Waals surface area contributed by atoms with Gasteiger partial charge in [0.25, 0.3) is 0 Å². The number of amides is 1. The molecule has 1 unspecified atom stereocenters. The van der Waals surface area contributed by atoms with E-state index in [1.807, 2.05) is 48.8 Å². The van der Waals surface area contributed by atoms with Gasteiger partial charge >= 0.3 is 0 Å². The minimum atomic E-state index is -0.0864. The van der Waals surface area contributed by atoms with E-state index >= 15 is 0 Å². The molecular weight excluding hydrogens is 360 g/mol. The summed E-state index contributed by atoms with van der Waals surface area (Å²) >= 11 is 0. The lowest BCUT2D eigenvalue weighted by atomic mass is 9.89. The van der Waals surface area contributed by atoms with Crippen molar-refractivity contribution in [1.29, 1.82) is 0 Å². The molecule has 0 spiro atoms. The van der Waals surface area contributed by atoms with Gasteiger partial charge in [0.05, 0.1) is 17.9 Å². The monoisotopic (exact) mass is 384 g/mol. The Hall–Kier alpha value is -3.47. The van der Waals surface area contributed by atoms with Gasteiger partial charge in [0, 0.05) is 30.9 Å². The molecule has 4 aromatic rings. The number of hydrogen-bond donors (Lipinski definition) is 1. The van der Waals surface area contributed by atoms with Crippen LogP contribution in [-0.4, -0.2) is 20.3 Å². The fourth-order valence-electron chi connectivity index (χ4n) is 3.73. The van der Waals surface area contributed by atoms with Crippen molar-refractivity contribution in [1.82, 2.24) is 19.7 Å². The maximum Gasteiger partial charge on any atom is 0.221 e. The van der Waals surface area contributed by atoms with Gasteiger partial charge in [-0.1, -0.05) is 36.4 Å². The quantitative estimate of drug-likeness (QED) is 0.542. The highest BCUT2D eigenvalue weighted by Gasteiger charge is 2.23. The molecule has 146 valence electrons. The number of carbonyl (C=O) groups is 1. The summed E-state index contributed by atoms with van der Waals surface area (Å²) in [6, 6.07) is 18.0. The highest BCUT2D eigenvalue weighted by Crippen LogP contribution is 2.31. The first-order valence-electron chi connectivity index (χ1n) is 9.78. The van der Waals surface area contributed by atoms with Crippen molar-refractivity contribution in [2.24, 2.45) is 0 Å². The predicted molar refractivity (Wildman–Crippen MR) is 114 cm³/mol. The van der Waals surface area contributed by atoms with Crippen LogP contribution in [0.4, 0.5) is 0 Å². The molecule has 0 fully saturated rings.